The fourth-order valence-corrected chi connectivity index (χ4v) is 6.08. The Morgan fingerprint density at radius 2 is 1.19 bits per heavy atom. The molecule has 0 unspecified atom stereocenters. The van der Waals surface area contributed by atoms with Gasteiger partial charge in [-0.25, -0.2) is 9.59 Å². The molecule has 2 aromatic carbocycles. The van der Waals surface area contributed by atoms with E-state index in [2.05, 4.69) is 20.2 Å². The van der Waals surface area contributed by atoms with Crippen molar-refractivity contribution in [2.75, 3.05) is 6.61 Å². The van der Waals surface area contributed by atoms with E-state index in [0.717, 1.165) is 21.9 Å². The van der Waals surface area contributed by atoms with Crippen LogP contribution in [-0.4, -0.2) is 63.4 Å². The van der Waals surface area contributed by atoms with E-state index in [1.165, 1.54) is 34.2 Å². The molecule has 0 saturated heterocycles. The van der Waals surface area contributed by atoms with Crippen LogP contribution in [-0.2, 0) is 29.0 Å². The molecule has 4 aromatic heterocycles. The molecule has 0 aliphatic rings. The summed E-state index contributed by atoms with van der Waals surface area (Å²) in [5.74, 6) is -1.79. The summed E-state index contributed by atoms with van der Waals surface area (Å²) in [5.41, 5.74) is 1.72. The minimum atomic E-state index is -1.21. The van der Waals surface area contributed by atoms with Gasteiger partial charge in [-0.2, -0.15) is 20.7 Å². The molecule has 4 heterocycles. The van der Waals surface area contributed by atoms with Crippen molar-refractivity contribution in [3.05, 3.63) is 116 Å². The van der Waals surface area contributed by atoms with E-state index in [1.807, 2.05) is 24.3 Å². The van der Waals surface area contributed by atoms with E-state index in [9.17, 15) is 25.1 Å². The lowest BCUT2D eigenvalue weighted by Crippen LogP contribution is -2.17. The van der Waals surface area contributed by atoms with Crippen LogP contribution in [0.1, 0.15) is 89.0 Å². The third-order valence-corrected chi connectivity index (χ3v) is 8.50. The lowest BCUT2D eigenvalue weighted by molar-refractivity contribution is 0.0525. The van der Waals surface area contributed by atoms with Gasteiger partial charge in [-0.3, -0.25) is 19.3 Å². The Kier molecular flexibility index (Phi) is 11.4. The molecule has 0 radical (unpaired) electrons. The largest absolute Gasteiger partial charge is 0.478 e. The first kappa shape index (κ1) is 39.3. The Balaban J connectivity index is 0.000000208. The van der Waals surface area contributed by atoms with E-state index in [1.54, 1.807) is 58.9 Å². The normalized spacial score (nSPS) is 11.5. The quantitative estimate of drug-likeness (QED) is 0.138. The van der Waals surface area contributed by atoms with Crippen molar-refractivity contribution in [2.45, 2.75) is 58.9 Å². The number of fused-ring (bicyclic) bond motifs is 2. The number of halogens is 2. The third-order valence-electron chi connectivity index (χ3n) is 8.09. The number of aromatic carboxylic acids is 1. The smallest absolute Gasteiger partial charge is 0.342 e. The number of carbonyl (C=O) groups is 2. The molecule has 6 aromatic rings. The Hall–Kier alpha value is -5.90. The number of nitriles is 2. The maximum absolute atomic E-state index is 12.0. The maximum atomic E-state index is 12.0. The van der Waals surface area contributed by atoms with Crippen molar-refractivity contribution in [3.63, 3.8) is 0 Å². The Labute approximate surface area is 319 Å². The predicted molar refractivity (Wildman–Crippen MR) is 199 cm³/mol. The van der Waals surface area contributed by atoms with Crippen LogP contribution in [0, 0.1) is 22.7 Å². The van der Waals surface area contributed by atoms with E-state index >= 15 is 0 Å². The van der Waals surface area contributed by atoms with E-state index in [0.29, 0.717) is 38.8 Å². The van der Waals surface area contributed by atoms with E-state index in [-0.39, 0.29) is 35.7 Å². The first-order valence-corrected chi connectivity index (χ1v) is 17.1. The summed E-state index contributed by atoms with van der Waals surface area (Å²) in [6.45, 7) is 9.11. The molecule has 0 aliphatic carbocycles. The van der Waals surface area contributed by atoms with Crippen molar-refractivity contribution in [2.24, 2.45) is 0 Å². The Morgan fingerprint density at radius 1 is 0.759 bits per heavy atom. The molecule has 0 spiro atoms. The Morgan fingerprint density at radius 3 is 1.56 bits per heavy atom. The molecule has 6 rings (SSSR count). The minimum Gasteiger partial charge on any atom is -0.478 e. The van der Waals surface area contributed by atoms with Crippen LogP contribution < -0.4 is 0 Å². The van der Waals surface area contributed by atoms with Crippen LogP contribution in [0.5, 0.6) is 0 Å². The molecule has 14 nitrogen and oxygen atoms in total. The summed E-state index contributed by atoms with van der Waals surface area (Å²) in [4.78, 5) is 31.9. The predicted octanol–water partition coefficient (Wildman–Crippen LogP) is 6.34. The number of carbonyl (C=O) groups excluding carboxylic acids is 1. The highest BCUT2D eigenvalue weighted by Crippen LogP contribution is 2.32. The van der Waals surface area contributed by atoms with Crippen LogP contribution in [0.4, 0.5) is 0 Å². The molecular weight excluding hydrogens is 735 g/mol. The molecular formula is C38H34Cl2N8O6. The number of hydrogen-bond donors (Lipinski definition) is 3. The highest BCUT2D eigenvalue weighted by Gasteiger charge is 2.24. The van der Waals surface area contributed by atoms with Gasteiger partial charge < -0.3 is 20.1 Å². The average molecular weight is 770 g/mol. The summed E-state index contributed by atoms with van der Waals surface area (Å²) >= 11 is 12.1. The number of carboxylic acid groups (broad SMARTS) is 1. The summed E-state index contributed by atoms with van der Waals surface area (Å²) in [7, 11) is 0. The molecule has 0 saturated carbocycles. The van der Waals surface area contributed by atoms with Gasteiger partial charge >= 0.3 is 11.9 Å². The monoisotopic (exact) mass is 768 g/mol. The fraction of sp³-hybridized carbons (Fsp3) is 0.263. The lowest BCUT2D eigenvalue weighted by atomic mass is 9.93. The molecule has 3 N–H and O–H groups in total. The molecule has 54 heavy (non-hydrogen) atoms. The van der Waals surface area contributed by atoms with Gasteiger partial charge in [0.2, 0.25) is 0 Å². The molecule has 0 aliphatic heterocycles. The number of ether oxygens (including phenoxy) is 1. The van der Waals surface area contributed by atoms with Gasteiger partial charge in [0.1, 0.15) is 23.3 Å². The van der Waals surface area contributed by atoms with Crippen LogP contribution in [0.25, 0.3) is 21.8 Å². The molecule has 0 amide bonds. The van der Waals surface area contributed by atoms with Crippen molar-refractivity contribution >= 4 is 56.9 Å². The second-order valence-electron chi connectivity index (χ2n) is 13.3. The topological polar surface area (TPSA) is 213 Å². The highest BCUT2D eigenvalue weighted by atomic mass is 35.5. The van der Waals surface area contributed by atoms with Gasteiger partial charge in [-0.15, -0.1) is 0 Å². The number of aromatic nitrogens is 6. The van der Waals surface area contributed by atoms with Gasteiger partial charge in [0, 0.05) is 46.7 Å². The highest BCUT2D eigenvalue weighted by molar-refractivity contribution is 6.31. The van der Waals surface area contributed by atoms with Crippen LogP contribution in [0.3, 0.4) is 0 Å². The van der Waals surface area contributed by atoms with Crippen LogP contribution >= 0.6 is 23.2 Å². The summed E-state index contributed by atoms with van der Waals surface area (Å²) in [5, 5.41) is 59.1. The molecule has 0 bridgehead atoms. The standard InChI is InChI=1S/C20H19ClN4O3.C18H15ClN4O3/c1-4-28-19(26)15-11-25(24-17(15)8-22)10-12-5-13-7-14(21)9-23-18(13)16(6-12)20(2,3)27;1-18(2,26)14-4-10(3-11-5-12(19)7-21-16(11)14)8-23-9-13(17(24)25)15(6-20)22-23/h5-7,9,11,27H,4,10H2,1-3H3;3-5,7,9,26H,8H2,1-2H3,(H,24,25). The number of benzene rings is 2. The number of aliphatic hydroxyl groups is 2. The number of rotatable bonds is 9. The number of nitrogens with zero attached hydrogens (tertiary/aromatic N) is 8. The number of esters is 1. The van der Waals surface area contributed by atoms with Gasteiger partial charge in [0.05, 0.1) is 52.0 Å². The number of carboxylic acids is 1. The first-order valence-electron chi connectivity index (χ1n) is 16.4. The van der Waals surface area contributed by atoms with Crippen LogP contribution in [0.15, 0.2) is 61.2 Å². The SMILES string of the molecule is CC(C)(O)c1cc(Cn2cc(C(=O)O)c(C#N)n2)cc2cc(Cl)cnc12.CCOC(=O)c1cn(Cc2cc(C(C)(C)O)c3ncc(Cl)cc3c2)nc1C#N. The minimum absolute atomic E-state index is 0.00617. The molecule has 276 valence electrons. The van der Waals surface area contributed by atoms with Crippen molar-refractivity contribution in [1.29, 1.82) is 10.5 Å². The van der Waals surface area contributed by atoms with Gasteiger partial charge in [0.15, 0.2) is 11.4 Å². The second kappa shape index (κ2) is 15.6. The zero-order valence-corrected chi connectivity index (χ0v) is 31.3. The zero-order chi connectivity index (χ0) is 39.5. The number of hydrogen-bond acceptors (Lipinski definition) is 11. The molecule has 16 heteroatoms. The first-order chi connectivity index (χ1) is 25.4. The zero-order valence-electron chi connectivity index (χ0n) is 29.8. The molecule has 0 fully saturated rings. The van der Waals surface area contributed by atoms with Gasteiger partial charge in [-0.05, 0) is 82.1 Å². The van der Waals surface area contributed by atoms with E-state index in [4.69, 9.17) is 38.3 Å². The number of pyridine rings is 2. The molecule has 0 atom stereocenters. The van der Waals surface area contributed by atoms with Crippen molar-refractivity contribution in [3.8, 4) is 12.1 Å². The van der Waals surface area contributed by atoms with Crippen molar-refractivity contribution in [1.82, 2.24) is 29.5 Å². The summed E-state index contributed by atoms with van der Waals surface area (Å²) < 4.78 is 7.85. The maximum Gasteiger partial charge on any atom is 0.342 e. The van der Waals surface area contributed by atoms with Crippen LogP contribution in [0.2, 0.25) is 10.0 Å². The second-order valence-corrected chi connectivity index (χ2v) is 14.2. The fourth-order valence-electron chi connectivity index (χ4n) is 5.74. The van der Waals surface area contributed by atoms with Gasteiger partial charge in [0.25, 0.3) is 0 Å². The average Bonchev–Trinajstić information content (AvgIpc) is 3.70. The Bertz CT molecular complexity index is 2500. The van der Waals surface area contributed by atoms with E-state index < -0.39 is 23.1 Å². The van der Waals surface area contributed by atoms with Crippen molar-refractivity contribution < 1.29 is 29.6 Å². The van der Waals surface area contributed by atoms with Gasteiger partial charge in [-0.1, -0.05) is 23.2 Å². The summed E-state index contributed by atoms with van der Waals surface area (Å²) in [6.07, 6.45) is 5.85. The lowest BCUT2D eigenvalue weighted by Gasteiger charge is -2.21. The summed E-state index contributed by atoms with van der Waals surface area (Å²) in [6, 6.07) is 14.6. The third kappa shape index (κ3) is 8.82.